The molecule has 0 bridgehead atoms. The molecule has 134 valence electrons. The number of rotatable bonds is 6. The van der Waals surface area contributed by atoms with Crippen LogP contribution >= 0.6 is 0 Å². The van der Waals surface area contributed by atoms with Crippen LogP contribution in [0, 0.1) is 6.92 Å². The van der Waals surface area contributed by atoms with Gasteiger partial charge in [-0.15, -0.1) is 0 Å². The Balaban J connectivity index is 1.45. The van der Waals surface area contributed by atoms with E-state index in [4.69, 9.17) is 0 Å². The highest BCUT2D eigenvalue weighted by Crippen LogP contribution is 2.12. The highest BCUT2D eigenvalue weighted by atomic mass is 16.3. The fraction of sp³-hybridized carbons (Fsp3) is 0.222. The van der Waals surface area contributed by atoms with Crippen LogP contribution in [0.25, 0.3) is 0 Å². The number of aliphatic imine (C=N–C) groups is 1. The zero-order chi connectivity index (χ0) is 17.9. The number of anilines is 1. The van der Waals surface area contributed by atoms with Gasteiger partial charge in [0.25, 0.3) is 0 Å². The number of aliphatic hydroxyl groups is 1. The van der Waals surface area contributed by atoms with Crippen LogP contribution in [0.1, 0.15) is 17.4 Å². The molecule has 0 saturated heterocycles. The number of amidine groups is 1. The van der Waals surface area contributed by atoms with Crippen molar-refractivity contribution in [2.45, 2.75) is 13.0 Å². The van der Waals surface area contributed by atoms with E-state index in [1.165, 1.54) is 0 Å². The van der Waals surface area contributed by atoms with E-state index >= 15 is 0 Å². The van der Waals surface area contributed by atoms with E-state index in [1.807, 2.05) is 60.7 Å². The molecule has 1 aromatic heterocycles. The Labute approximate surface area is 151 Å². The Morgan fingerprint density at radius 2 is 2.19 bits per heavy atom. The topological polar surface area (TPSA) is 93.0 Å². The summed E-state index contributed by atoms with van der Waals surface area (Å²) < 4.78 is 0. The molecule has 0 fully saturated rings. The minimum absolute atomic E-state index is 0.408. The molecular weight excluding hydrogens is 330 g/mol. The monoisotopic (exact) mass is 352 g/mol. The summed E-state index contributed by atoms with van der Waals surface area (Å²) in [5.41, 5.74) is 5.15. The predicted molar refractivity (Wildman–Crippen MR) is 98.7 cm³/mol. The molecule has 0 aliphatic carbocycles. The molecule has 26 heavy (non-hydrogen) atoms. The molecule has 0 amide bonds. The molecule has 2 aliphatic rings. The van der Waals surface area contributed by atoms with Crippen LogP contribution in [-0.2, 0) is 0 Å². The summed E-state index contributed by atoms with van der Waals surface area (Å²) in [5, 5.41) is 22.8. The van der Waals surface area contributed by atoms with Gasteiger partial charge in [-0.1, -0.05) is 30.3 Å². The van der Waals surface area contributed by atoms with Crippen molar-refractivity contribution < 1.29 is 10.0 Å². The lowest BCUT2D eigenvalue weighted by atomic mass is 10.1. The van der Waals surface area contributed by atoms with E-state index < -0.39 is 6.10 Å². The fourth-order valence-corrected chi connectivity index (χ4v) is 2.99. The third kappa shape index (κ3) is 3.52. The summed E-state index contributed by atoms with van der Waals surface area (Å²) in [6.07, 6.45) is 5.19. The Morgan fingerprint density at radius 1 is 1.35 bits per heavy atom. The molecule has 2 aliphatic heterocycles. The second kappa shape index (κ2) is 7.12. The van der Waals surface area contributed by atoms with Gasteiger partial charge in [-0.25, -0.2) is 15.3 Å². The highest BCUT2D eigenvalue weighted by Gasteiger charge is 2.31. The lowest BCUT2D eigenvalue weighted by Crippen LogP contribution is -3.10. The van der Waals surface area contributed by atoms with Crippen molar-refractivity contribution in [3.05, 3.63) is 72.1 Å². The quantitative estimate of drug-likeness (QED) is 0.514. The summed E-state index contributed by atoms with van der Waals surface area (Å²) in [6.45, 7) is 3.00. The van der Waals surface area contributed by atoms with E-state index in [2.05, 4.69) is 25.9 Å². The first-order chi connectivity index (χ1) is 12.7. The van der Waals surface area contributed by atoms with Crippen molar-refractivity contribution in [2.75, 3.05) is 18.4 Å². The van der Waals surface area contributed by atoms with Crippen LogP contribution in [0.5, 0.6) is 0 Å². The second-order valence-corrected chi connectivity index (χ2v) is 6.33. The van der Waals surface area contributed by atoms with Crippen LogP contribution in [0.15, 0.2) is 65.8 Å². The Bertz CT molecular complexity index is 855. The number of benzene rings is 1. The third-order valence-corrected chi connectivity index (χ3v) is 4.32. The summed E-state index contributed by atoms with van der Waals surface area (Å²) in [5.74, 6) is 2.65. The largest absolute Gasteiger partial charge is 0.387 e. The molecule has 0 spiro atoms. The summed E-state index contributed by atoms with van der Waals surface area (Å²) in [4.78, 5) is 5.50. The number of aliphatic hydroxyl groups excluding tert-OH is 1. The number of quaternary nitrogens is 1. The lowest BCUT2D eigenvalue weighted by molar-refractivity contribution is -0.700. The molecular formula is C18H22N7O+. The summed E-state index contributed by atoms with van der Waals surface area (Å²) in [6, 6.07) is 11.6. The van der Waals surface area contributed by atoms with Crippen LogP contribution < -0.4 is 15.6 Å². The highest BCUT2D eigenvalue weighted by molar-refractivity contribution is 5.79. The van der Waals surface area contributed by atoms with Crippen LogP contribution in [0.2, 0.25) is 0 Å². The van der Waals surface area contributed by atoms with Gasteiger partial charge in [0.1, 0.15) is 12.7 Å². The molecule has 5 N–H and O–H groups in total. The number of aryl methyl sites for hydroxylation is 1. The minimum Gasteiger partial charge on any atom is -0.387 e. The smallest absolute Gasteiger partial charge is 0.234 e. The van der Waals surface area contributed by atoms with Crippen molar-refractivity contribution in [2.24, 2.45) is 4.99 Å². The zero-order valence-electron chi connectivity index (χ0n) is 14.5. The Kier molecular flexibility index (Phi) is 4.53. The summed E-state index contributed by atoms with van der Waals surface area (Å²) >= 11 is 0. The van der Waals surface area contributed by atoms with Crippen LogP contribution in [-0.4, -0.2) is 39.2 Å². The standard InChI is InChI=1S/C18H21N7O/c1-13-9-16(23-22-13)21-18-12-24(11-17-19-7-8-25(17)18)20-10-15(26)14-5-3-2-4-6-14/h2-9,12,15,20,26H,10-11H2,1H3,(H2,21,22,23)/p+1/t15-/m0/s1. The molecule has 0 saturated carbocycles. The predicted octanol–water partition coefficient (Wildman–Crippen LogP) is 0.251. The molecule has 2 aromatic rings. The van der Waals surface area contributed by atoms with Gasteiger partial charge >= 0.3 is 0 Å². The van der Waals surface area contributed by atoms with E-state index in [0.717, 1.165) is 33.6 Å². The van der Waals surface area contributed by atoms with Gasteiger partial charge in [0, 0.05) is 18.3 Å². The van der Waals surface area contributed by atoms with Crippen LogP contribution in [0.4, 0.5) is 5.82 Å². The second-order valence-electron chi connectivity index (χ2n) is 6.33. The minimum atomic E-state index is -0.580. The molecule has 8 nitrogen and oxygen atoms in total. The van der Waals surface area contributed by atoms with Crippen LogP contribution in [0.3, 0.4) is 0 Å². The number of fused-ring (bicyclic) bond motifs is 1. The average Bonchev–Trinajstić information content (AvgIpc) is 3.29. The fourth-order valence-electron chi connectivity index (χ4n) is 2.99. The van der Waals surface area contributed by atoms with Crippen molar-refractivity contribution in [3.8, 4) is 0 Å². The maximum Gasteiger partial charge on any atom is 0.234 e. The molecule has 2 atom stereocenters. The molecule has 4 rings (SSSR count). The Morgan fingerprint density at radius 3 is 2.96 bits per heavy atom. The molecule has 3 heterocycles. The third-order valence-electron chi connectivity index (χ3n) is 4.32. The maximum atomic E-state index is 10.4. The van der Waals surface area contributed by atoms with Gasteiger partial charge in [-0.3, -0.25) is 15.4 Å². The van der Waals surface area contributed by atoms with Crippen molar-refractivity contribution in [1.82, 2.24) is 20.6 Å². The van der Waals surface area contributed by atoms with E-state index in [9.17, 15) is 5.11 Å². The number of nitrogens with one attached hydrogen (secondary N) is 4. The van der Waals surface area contributed by atoms with Crippen molar-refractivity contribution in [3.63, 3.8) is 0 Å². The zero-order valence-corrected chi connectivity index (χ0v) is 14.5. The first-order valence-electron chi connectivity index (χ1n) is 8.54. The van der Waals surface area contributed by atoms with E-state index in [-0.39, 0.29) is 0 Å². The van der Waals surface area contributed by atoms with Gasteiger partial charge in [-0.2, -0.15) is 5.10 Å². The van der Waals surface area contributed by atoms with Crippen molar-refractivity contribution in [1.29, 1.82) is 0 Å². The number of H-pyrrole nitrogens is 1. The van der Waals surface area contributed by atoms with E-state index in [1.54, 1.807) is 6.20 Å². The number of hydrazine groups is 1. The van der Waals surface area contributed by atoms with E-state index in [0.29, 0.717) is 13.1 Å². The van der Waals surface area contributed by atoms with Gasteiger partial charge < -0.3 is 5.11 Å². The summed E-state index contributed by atoms with van der Waals surface area (Å²) in [7, 11) is 0. The SMILES string of the molecule is Cc1cc(NC2=CN(NC[C@H](O)c3ccccc3)CC3=NC=C[NH+]23)n[nH]1. The first-order valence-corrected chi connectivity index (χ1v) is 8.54. The normalized spacial score (nSPS) is 19.8. The Hall–Kier alpha value is -2.94. The molecule has 1 aromatic carbocycles. The number of hydrogen-bond acceptors (Lipinski definition) is 6. The molecule has 0 radical (unpaired) electrons. The average molecular weight is 352 g/mol. The van der Waals surface area contributed by atoms with Crippen molar-refractivity contribution >= 4 is 11.7 Å². The van der Waals surface area contributed by atoms with Gasteiger partial charge in [0.05, 0.1) is 18.5 Å². The lowest BCUT2D eigenvalue weighted by Gasteiger charge is -2.29. The maximum absolute atomic E-state index is 10.4. The number of nitrogens with zero attached hydrogens (tertiary/aromatic N) is 3. The number of aromatic nitrogens is 2. The first kappa shape index (κ1) is 16.5. The number of aromatic amines is 1. The van der Waals surface area contributed by atoms with Gasteiger partial charge in [0.2, 0.25) is 11.7 Å². The number of hydrogen-bond donors (Lipinski definition) is 5. The molecule has 8 heteroatoms. The van der Waals surface area contributed by atoms with Gasteiger partial charge in [-0.05, 0) is 12.5 Å². The molecule has 1 unspecified atom stereocenters. The van der Waals surface area contributed by atoms with Gasteiger partial charge in [0.15, 0.2) is 5.82 Å².